The van der Waals surface area contributed by atoms with Crippen molar-refractivity contribution in [1.82, 2.24) is 9.38 Å². The van der Waals surface area contributed by atoms with Gasteiger partial charge in [0.15, 0.2) is 11.5 Å². The molecule has 0 aliphatic carbocycles. The van der Waals surface area contributed by atoms with Crippen molar-refractivity contribution in [2.75, 3.05) is 27.8 Å². The van der Waals surface area contributed by atoms with Gasteiger partial charge < -0.3 is 24.3 Å². The molecule has 0 aromatic heterocycles. The summed E-state index contributed by atoms with van der Waals surface area (Å²) in [5.74, 6) is 1.26. The fourth-order valence-electron chi connectivity index (χ4n) is 4.59. The third kappa shape index (κ3) is 3.74. The minimum absolute atomic E-state index is 0.0163. The van der Waals surface area contributed by atoms with Crippen LogP contribution in [-0.2, 0) is 4.79 Å². The van der Waals surface area contributed by atoms with Gasteiger partial charge in [0, 0.05) is 24.6 Å². The van der Waals surface area contributed by atoms with Crippen molar-refractivity contribution in [3.63, 3.8) is 0 Å². The van der Waals surface area contributed by atoms with Crippen molar-refractivity contribution in [3.05, 3.63) is 42.0 Å². The number of rotatable bonds is 5. The summed E-state index contributed by atoms with van der Waals surface area (Å²) in [4.78, 5) is 25.9. The number of nitrogens with zero attached hydrogens (tertiary/aromatic N) is 2. The van der Waals surface area contributed by atoms with Gasteiger partial charge in [0.25, 0.3) is 0 Å². The van der Waals surface area contributed by atoms with E-state index in [1.807, 2.05) is 50.4 Å². The monoisotopic (exact) mass is 426 g/mol. The van der Waals surface area contributed by atoms with Crippen LogP contribution in [0.5, 0.6) is 11.5 Å². The van der Waals surface area contributed by atoms with E-state index in [1.54, 1.807) is 28.1 Å². The van der Waals surface area contributed by atoms with Crippen LogP contribution in [0.3, 0.4) is 0 Å². The van der Waals surface area contributed by atoms with E-state index in [-0.39, 0.29) is 22.5 Å². The number of hydrogen-bond donors (Lipinski definition) is 0. The Bertz CT molecular complexity index is 1010. The van der Waals surface area contributed by atoms with Crippen LogP contribution in [0.25, 0.3) is 11.1 Å². The van der Waals surface area contributed by atoms with E-state index in [0.29, 0.717) is 24.5 Å². The average Bonchev–Trinajstić information content (AvgIpc) is 2.76. The first kappa shape index (κ1) is 22.6. The summed E-state index contributed by atoms with van der Waals surface area (Å²) in [6, 6.07) is 11.1. The van der Waals surface area contributed by atoms with E-state index in [9.17, 15) is 14.7 Å². The van der Waals surface area contributed by atoms with E-state index >= 15 is 0 Å². The summed E-state index contributed by atoms with van der Waals surface area (Å²) in [6.45, 7) is 5.68. The highest BCUT2D eigenvalue weighted by molar-refractivity contribution is 5.89. The summed E-state index contributed by atoms with van der Waals surface area (Å²) < 4.78 is 10.9. The van der Waals surface area contributed by atoms with Crippen LogP contribution in [0, 0.1) is 0 Å². The zero-order chi connectivity index (χ0) is 22.9. The summed E-state index contributed by atoms with van der Waals surface area (Å²) in [7, 11) is 5.07. The van der Waals surface area contributed by atoms with Gasteiger partial charge >= 0.3 is 5.91 Å². The van der Waals surface area contributed by atoms with Crippen LogP contribution in [0.2, 0.25) is 0 Å². The first-order valence-corrected chi connectivity index (χ1v) is 10.4. The Kier molecular flexibility index (Phi) is 6.27. The number of carboxylic acid groups (broad SMARTS) is 1. The molecule has 3 atom stereocenters. The van der Waals surface area contributed by atoms with Gasteiger partial charge in [-0.05, 0) is 49.2 Å². The standard InChI is InChI=1S/C24H30N2O5/c1-7-25(24(28)29)20-12-15(2)26(4,16(3)27)21-10-8-17(13-19(20)21)18-9-11-22(30-5)23(14-18)31-6/h8-11,13-15,20H,7,12H2,1-6H3/t15-,20+,26?/m0/s1. The van der Waals surface area contributed by atoms with Gasteiger partial charge in [0.1, 0.15) is 11.8 Å². The maximum absolute atomic E-state index is 12.7. The first-order valence-electron chi connectivity index (χ1n) is 10.4. The van der Waals surface area contributed by atoms with Crippen LogP contribution in [0.4, 0.5) is 10.5 Å². The van der Waals surface area contributed by atoms with E-state index in [2.05, 4.69) is 0 Å². The van der Waals surface area contributed by atoms with Crippen LogP contribution in [0.1, 0.15) is 38.8 Å². The molecule has 0 N–H and O–H groups in total. The molecule has 1 heterocycles. The number of amides is 2. The second-order valence-corrected chi connectivity index (χ2v) is 8.09. The van der Waals surface area contributed by atoms with Crippen molar-refractivity contribution in [2.45, 2.75) is 39.3 Å². The Labute approximate surface area is 183 Å². The zero-order valence-corrected chi connectivity index (χ0v) is 19.0. The maximum Gasteiger partial charge on any atom is 0.315 e. The molecule has 2 amide bonds. The van der Waals surface area contributed by atoms with Crippen molar-refractivity contribution in [2.24, 2.45) is 0 Å². The molecule has 2 aromatic rings. The Morgan fingerprint density at radius 2 is 1.71 bits per heavy atom. The van der Waals surface area contributed by atoms with Crippen LogP contribution < -0.4 is 19.1 Å². The Morgan fingerprint density at radius 3 is 2.26 bits per heavy atom. The van der Waals surface area contributed by atoms with Gasteiger partial charge in [-0.3, -0.25) is 0 Å². The molecule has 0 fully saturated rings. The normalized spacial score (nSPS) is 22.4. The predicted octanol–water partition coefficient (Wildman–Crippen LogP) is 3.35. The number of carbonyl (C=O) groups is 2. The smallest absolute Gasteiger partial charge is 0.315 e. The number of benzene rings is 2. The lowest BCUT2D eigenvalue weighted by molar-refractivity contribution is -0.268. The quantitative estimate of drug-likeness (QED) is 0.685. The third-order valence-corrected chi connectivity index (χ3v) is 6.66. The zero-order valence-electron chi connectivity index (χ0n) is 19.0. The molecular weight excluding hydrogens is 396 g/mol. The number of carbonyl (C=O) groups excluding carboxylic acids is 2. The van der Waals surface area contributed by atoms with Crippen molar-refractivity contribution >= 4 is 17.7 Å². The lowest BCUT2D eigenvalue weighted by Gasteiger charge is -2.47. The number of quaternary nitrogens is 1. The summed E-state index contributed by atoms with van der Waals surface area (Å²) >= 11 is 0. The lowest BCUT2D eigenvalue weighted by Crippen LogP contribution is -2.60. The van der Waals surface area contributed by atoms with E-state index in [0.717, 1.165) is 22.4 Å². The van der Waals surface area contributed by atoms with Crippen LogP contribution in [-0.4, -0.2) is 50.8 Å². The summed E-state index contributed by atoms with van der Waals surface area (Å²) in [5, 5.41) is 11.9. The van der Waals surface area contributed by atoms with Crippen molar-refractivity contribution in [3.8, 4) is 22.6 Å². The second-order valence-electron chi connectivity index (χ2n) is 8.09. The van der Waals surface area contributed by atoms with Gasteiger partial charge in [-0.25, -0.2) is 9.28 Å². The molecular formula is C24H30N2O5. The molecule has 0 saturated heterocycles. The molecule has 0 saturated carbocycles. The summed E-state index contributed by atoms with van der Waals surface area (Å²) in [6.07, 6.45) is -0.679. The molecule has 31 heavy (non-hydrogen) atoms. The number of fused-ring (bicyclic) bond motifs is 1. The molecule has 3 rings (SSSR count). The Hall–Kier alpha value is -3.06. The molecule has 2 aromatic carbocycles. The van der Waals surface area contributed by atoms with Gasteiger partial charge in [-0.15, -0.1) is 0 Å². The molecule has 166 valence electrons. The predicted molar refractivity (Wildman–Crippen MR) is 118 cm³/mol. The van der Waals surface area contributed by atoms with Gasteiger partial charge in [0.05, 0.1) is 40.3 Å². The summed E-state index contributed by atoms with van der Waals surface area (Å²) in [5.41, 5.74) is 3.46. The van der Waals surface area contributed by atoms with Gasteiger partial charge in [0.2, 0.25) is 0 Å². The van der Waals surface area contributed by atoms with Crippen molar-refractivity contribution < 1.29 is 24.2 Å². The van der Waals surface area contributed by atoms with Crippen molar-refractivity contribution in [1.29, 1.82) is 0 Å². The van der Waals surface area contributed by atoms with E-state index < -0.39 is 6.09 Å². The highest BCUT2D eigenvalue weighted by atomic mass is 16.5. The fraction of sp³-hybridized carbons (Fsp3) is 0.417. The van der Waals surface area contributed by atoms with E-state index in [4.69, 9.17) is 9.47 Å². The SMILES string of the molecule is CCN(C(=O)[O-])[C@@H]1C[C@H](C)[N+](C)(C(C)=O)c2ccc(-c3ccc(OC)c(OC)c3)cc21. The highest BCUT2D eigenvalue weighted by Crippen LogP contribution is 2.46. The molecule has 7 heteroatoms. The number of methoxy groups -OCH3 is 2. The molecule has 0 bridgehead atoms. The number of hydrogen-bond acceptors (Lipinski definition) is 5. The third-order valence-electron chi connectivity index (χ3n) is 6.66. The first-order chi connectivity index (χ1) is 14.7. The molecule has 1 aliphatic heterocycles. The Balaban J connectivity index is 2.21. The van der Waals surface area contributed by atoms with Crippen LogP contribution >= 0.6 is 0 Å². The maximum atomic E-state index is 12.7. The van der Waals surface area contributed by atoms with Gasteiger partial charge in [-0.1, -0.05) is 6.07 Å². The molecule has 7 nitrogen and oxygen atoms in total. The minimum Gasteiger partial charge on any atom is -0.530 e. The topological polar surface area (TPSA) is 78.9 Å². The molecule has 0 radical (unpaired) electrons. The van der Waals surface area contributed by atoms with Gasteiger partial charge in [-0.2, -0.15) is 0 Å². The average molecular weight is 427 g/mol. The molecule has 1 unspecified atom stereocenters. The largest absolute Gasteiger partial charge is 0.530 e. The highest BCUT2D eigenvalue weighted by Gasteiger charge is 2.47. The molecule has 0 spiro atoms. The lowest BCUT2D eigenvalue weighted by atomic mass is 9.86. The minimum atomic E-state index is -1.21. The Morgan fingerprint density at radius 1 is 1.10 bits per heavy atom. The second kappa shape index (κ2) is 8.59. The van der Waals surface area contributed by atoms with E-state index in [1.165, 1.54) is 4.90 Å². The van der Waals surface area contributed by atoms with Crippen LogP contribution in [0.15, 0.2) is 36.4 Å². The number of ether oxygens (including phenoxy) is 2. The fourth-order valence-corrected chi connectivity index (χ4v) is 4.59. The molecule has 1 aliphatic rings.